The van der Waals surface area contributed by atoms with Gasteiger partial charge in [0.15, 0.2) is 0 Å². The number of rotatable bonds is 2. The first-order valence-electron chi connectivity index (χ1n) is 6.94. The monoisotopic (exact) mass is 262 g/mol. The highest BCUT2D eigenvalue weighted by Crippen LogP contribution is 2.35. The second kappa shape index (κ2) is 5.24. The second-order valence-electron chi connectivity index (χ2n) is 5.50. The van der Waals surface area contributed by atoms with Crippen LogP contribution in [-0.2, 0) is 12.8 Å². The summed E-state index contributed by atoms with van der Waals surface area (Å²) in [6, 6.07) is 8.87. The molecule has 1 heterocycles. The molecule has 3 heteroatoms. The fourth-order valence-electron chi connectivity index (χ4n) is 3.39. The van der Waals surface area contributed by atoms with E-state index < -0.39 is 0 Å². The van der Waals surface area contributed by atoms with E-state index in [0.717, 1.165) is 19.4 Å². The van der Waals surface area contributed by atoms with Crippen LogP contribution in [0.1, 0.15) is 17.5 Å². The maximum Gasteiger partial charge on any atom is 0.0412 e. The molecule has 0 bridgehead atoms. The largest absolute Gasteiger partial charge is 0.329 e. The molecule has 2 N–H and O–H groups in total. The van der Waals surface area contributed by atoms with Crippen LogP contribution in [0.4, 0.5) is 0 Å². The summed E-state index contributed by atoms with van der Waals surface area (Å²) in [7, 11) is 0. The second-order valence-corrected chi connectivity index (χ2v) is 6.73. The molecular weight excluding hydrogens is 240 g/mol. The van der Waals surface area contributed by atoms with Gasteiger partial charge in [-0.05, 0) is 42.7 Å². The molecule has 0 atom stereocenters. The zero-order valence-electron chi connectivity index (χ0n) is 10.9. The van der Waals surface area contributed by atoms with Crippen LogP contribution in [0.5, 0.6) is 0 Å². The van der Waals surface area contributed by atoms with E-state index in [4.69, 9.17) is 5.73 Å². The van der Waals surface area contributed by atoms with E-state index in [1.54, 1.807) is 0 Å². The van der Waals surface area contributed by atoms with Crippen molar-refractivity contribution in [3.05, 3.63) is 35.4 Å². The van der Waals surface area contributed by atoms with Gasteiger partial charge in [-0.3, -0.25) is 4.90 Å². The Bertz CT molecular complexity index is 386. The van der Waals surface area contributed by atoms with E-state index in [0.29, 0.717) is 0 Å². The summed E-state index contributed by atoms with van der Waals surface area (Å²) >= 11 is 2.09. The molecule has 0 radical (unpaired) electrons. The molecule has 0 saturated carbocycles. The van der Waals surface area contributed by atoms with Gasteiger partial charge in [0, 0.05) is 24.4 Å². The maximum atomic E-state index is 6.18. The van der Waals surface area contributed by atoms with Crippen LogP contribution in [0.15, 0.2) is 24.3 Å². The molecule has 3 rings (SSSR count). The topological polar surface area (TPSA) is 29.3 Å². The summed E-state index contributed by atoms with van der Waals surface area (Å²) < 4.78 is 0. The quantitative estimate of drug-likeness (QED) is 0.883. The third-order valence-corrected chi connectivity index (χ3v) is 5.48. The number of thioether (sulfide) groups is 1. The first-order chi connectivity index (χ1) is 8.84. The van der Waals surface area contributed by atoms with Gasteiger partial charge in [-0.1, -0.05) is 24.3 Å². The number of nitrogens with two attached hydrogens (primary N) is 1. The van der Waals surface area contributed by atoms with E-state index in [1.165, 1.54) is 42.1 Å². The highest BCUT2D eigenvalue weighted by molar-refractivity contribution is 7.99. The van der Waals surface area contributed by atoms with Crippen molar-refractivity contribution < 1.29 is 0 Å². The van der Waals surface area contributed by atoms with Crippen LogP contribution < -0.4 is 5.73 Å². The van der Waals surface area contributed by atoms with Gasteiger partial charge in [0.05, 0.1) is 0 Å². The van der Waals surface area contributed by atoms with Crippen LogP contribution in [0.3, 0.4) is 0 Å². The molecule has 1 aliphatic carbocycles. The van der Waals surface area contributed by atoms with E-state index >= 15 is 0 Å². The lowest BCUT2D eigenvalue weighted by molar-refractivity contribution is 0.112. The highest BCUT2D eigenvalue weighted by Gasteiger charge is 2.40. The van der Waals surface area contributed by atoms with Gasteiger partial charge in [-0.25, -0.2) is 0 Å². The van der Waals surface area contributed by atoms with E-state index in [9.17, 15) is 0 Å². The lowest BCUT2D eigenvalue weighted by atomic mass is 9.93. The molecule has 98 valence electrons. The Morgan fingerprint density at radius 2 is 1.83 bits per heavy atom. The summed E-state index contributed by atoms with van der Waals surface area (Å²) in [4.78, 5) is 2.67. The number of hydrogen-bond acceptors (Lipinski definition) is 3. The normalized spacial score (nSPS) is 23.6. The average molecular weight is 262 g/mol. The van der Waals surface area contributed by atoms with Gasteiger partial charge in [-0.15, -0.1) is 0 Å². The number of nitrogens with zero attached hydrogens (tertiary/aromatic N) is 1. The maximum absolute atomic E-state index is 6.18. The SMILES string of the molecule is NCC1(N2CCCSCC2)Cc2ccccc2C1. The Kier molecular flexibility index (Phi) is 3.64. The average Bonchev–Trinajstić information content (AvgIpc) is 2.59. The lowest BCUT2D eigenvalue weighted by Crippen LogP contribution is -2.55. The minimum Gasteiger partial charge on any atom is -0.329 e. The Hall–Kier alpha value is -0.510. The minimum absolute atomic E-state index is 0.203. The molecule has 1 fully saturated rings. The number of benzene rings is 1. The van der Waals surface area contributed by atoms with E-state index in [2.05, 4.69) is 40.9 Å². The van der Waals surface area contributed by atoms with Crippen molar-refractivity contribution in [1.82, 2.24) is 4.90 Å². The summed E-state index contributed by atoms with van der Waals surface area (Å²) in [5, 5.41) is 0. The molecule has 0 amide bonds. The van der Waals surface area contributed by atoms with Crippen LogP contribution in [0.2, 0.25) is 0 Å². The predicted molar refractivity (Wildman–Crippen MR) is 79.2 cm³/mol. The van der Waals surface area contributed by atoms with Crippen molar-refractivity contribution in [3.63, 3.8) is 0 Å². The summed E-state index contributed by atoms with van der Waals surface area (Å²) in [6.45, 7) is 3.21. The van der Waals surface area contributed by atoms with Crippen LogP contribution in [-0.4, -0.2) is 41.6 Å². The smallest absolute Gasteiger partial charge is 0.0412 e. The highest BCUT2D eigenvalue weighted by atomic mass is 32.2. The zero-order chi connectivity index (χ0) is 12.4. The lowest BCUT2D eigenvalue weighted by Gasteiger charge is -2.40. The molecule has 1 aliphatic heterocycles. The van der Waals surface area contributed by atoms with Crippen molar-refractivity contribution in [2.45, 2.75) is 24.8 Å². The van der Waals surface area contributed by atoms with Gasteiger partial charge in [0.25, 0.3) is 0 Å². The van der Waals surface area contributed by atoms with Crippen molar-refractivity contribution in [2.24, 2.45) is 5.73 Å². The summed E-state index contributed by atoms with van der Waals surface area (Å²) in [6.07, 6.45) is 3.59. The van der Waals surface area contributed by atoms with E-state index in [1.807, 2.05) is 0 Å². The molecule has 2 aliphatic rings. The van der Waals surface area contributed by atoms with Crippen LogP contribution in [0, 0.1) is 0 Å². The van der Waals surface area contributed by atoms with Crippen molar-refractivity contribution in [1.29, 1.82) is 0 Å². The Balaban J connectivity index is 1.84. The van der Waals surface area contributed by atoms with Gasteiger partial charge >= 0.3 is 0 Å². The van der Waals surface area contributed by atoms with Crippen LogP contribution >= 0.6 is 11.8 Å². The molecule has 0 unspecified atom stereocenters. The summed E-state index contributed by atoms with van der Waals surface area (Å²) in [5.41, 5.74) is 9.41. The van der Waals surface area contributed by atoms with Crippen LogP contribution in [0.25, 0.3) is 0 Å². The molecule has 1 saturated heterocycles. The minimum atomic E-state index is 0.203. The van der Waals surface area contributed by atoms with Gasteiger partial charge in [-0.2, -0.15) is 11.8 Å². The third kappa shape index (κ3) is 2.20. The molecule has 1 aromatic carbocycles. The van der Waals surface area contributed by atoms with Crippen molar-refractivity contribution in [3.8, 4) is 0 Å². The molecular formula is C15H22N2S. The summed E-state index contributed by atoms with van der Waals surface area (Å²) in [5.74, 6) is 2.57. The fourth-order valence-corrected chi connectivity index (χ4v) is 4.28. The molecule has 1 aromatic rings. The Labute approximate surface area is 114 Å². The van der Waals surface area contributed by atoms with Gasteiger partial charge in [0.1, 0.15) is 0 Å². The number of hydrogen-bond donors (Lipinski definition) is 1. The Morgan fingerprint density at radius 3 is 2.50 bits per heavy atom. The zero-order valence-corrected chi connectivity index (χ0v) is 11.7. The van der Waals surface area contributed by atoms with Crippen molar-refractivity contribution in [2.75, 3.05) is 31.1 Å². The standard InChI is InChI=1S/C15H22N2S/c16-12-15(17-6-3-8-18-9-7-17)10-13-4-1-2-5-14(13)11-15/h1-2,4-5H,3,6-12,16H2. The van der Waals surface area contributed by atoms with Gasteiger partial charge < -0.3 is 5.73 Å². The molecule has 18 heavy (non-hydrogen) atoms. The number of fused-ring (bicyclic) bond motifs is 1. The van der Waals surface area contributed by atoms with Crippen molar-refractivity contribution >= 4 is 11.8 Å². The van der Waals surface area contributed by atoms with E-state index in [-0.39, 0.29) is 5.54 Å². The first-order valence-corrected chi connectivity index (χ1v) is 8.09. The molecule has 0 aromatic heterocycles. The Morgan fingerprint density at radius 1 is 1.11 bits per heavy atom. The predicted octanol–water partition coefficient (Wildman–Crippen LogP) is 1.92. The first kappa shape index (κ1) is 12.5. The fraction of sp³-hybridized carbons (Fsp3) is 0.600. The molecule has 0 spiro atoms. The molecule has 2 nitrogen and oxygen atoms in total. The third-order valence-electron chi connectivity index (χ3n) is 4.43. The van der Waals surface area contributed by atoms with Gasteiger partial charge in [0.2, 0.25) is 0 Å².